The molecule has 0 amide bonds. The molecule has 0 atom stereocenters. The Morgan fingerprint density at radius 1 is 1.35 bits per heavy atom. The number of nitrogens with zero attached hydrogens (tertiary/aromatic N) is 3. The molecule has 5 nitrogen and oxygen atoms in total. The highest BCUT2D eigenvalue weighted by atomic mass is 79.9. The molecule has 0 aliphatic carbocycles. The summed E-state index contributed by atoms with van der Waals surface area (Å²) in [4.78, 5) is 13.8. The van der Waals surface area contributed by atoms with Crippen molar-refractivity contribution in [2.75, 3.05) is 17.7 Å². The first kappa shape index (κ1) is 12.3. The molecule has 2 N–H and O–H groups in total. The Balaban J connectivity index is 2.07. The first-order valence-corrected chi connectivity index (χ1v) is 6.65. The zero-order valence-corrected chi connectivity index (χ0v) is 11.9. The van der Waals surface area contributed by atoms with Crippen molar-refractivity contribution in [2.45, 2.75) is 13.5 Å². The maximum Gasteiger partial charge on any atom is 0.224 e. The van der Waals surface area contributed by atoms with Crippen LogP contribution >= 0.6 is 27.3 Å². The normalized spacial score (nSPS) is 10.3. The quantitative estimate of drug-likeness (QED) is 0.908. The van der Waals surface area contributed by atoms with Crippen LogP contribution < -0.4 is 10.6 Å². The van der Waals surface area contributed by atoms with E-state index in [1.54, 1.807) is 24.6 Å². The number of nitrogens with one attached hydrogen (secondary N) is 2. The number of thiazole rings is 1. The number of rotatable bonds is 4. The third-order valence-electron chi connectivity index (χ3n) is 2.07. The molecule has 90 valence electrons. The molecule has 7 heteroatoms. The summed E-state index contributed by atoms with van der Waals surface area (Å²) < 4.78 is 0.845. The van der Waals surface area contributed by atoms with Crippen molar-refractivity contribution >= 4 is 39.0 Å². The van der Waals surface area contributed by atoms with Crippen molar-refractivity contribution in [3.8, 4) is 0 Å². The highest BCUT2D eigenvalue weighted by Gasteiger charge is 2.05. The van der Waals surface area contributed by atoms with E-state index < -0.39 is 0 Å². The van der Waals surface area contributed by atoms with E-state index in [2.05, 4.69) is 41.5 Å². The van der Waals surface area contributed by atoms with Gasteiger partial charge in [0.15, 0.2) is 0 Å². The SMILES string of the molecule is CNc1ncc(Br)c(NCc2cnc(C)s2)n1. The summed E-state index contributed by atoms with van der Waals surface area (Å²) in [5.74, 6) is 1.37. The molecule has 2 heterocycles. The van der Waals surface area contributed by atoms with Gasteiger partial charge in [-0.05, 0) is 22.9 Å². The lowest BCUT2D eigenvalue weighted by Crippen LogP contribution is -2.04. The summed E-state index contributed by atoms with van der Waals surface area (Å²) in [5, 5.41) is 7.22. The third-order valence-corrected chi connectivity index (χ3v) is 3.56. The Bertz CT molecular complexity index is 513. The van der Waals surface area contributed by atoms with Crippen molar-refractivity contribution in [1.82, 2.24) is 15.0 Å². The van der Waals surface area contributed by atoms with Crippen LogP contribution in [0.1, 0.15) is 9.88 Å². The molecular formula is C10H12BrN5S. The summed E-state index contributed by atoms with van der Waals surface area (Å²) in [7, 11) is 1.79. The molecule has 2 aromatic rings. The van der Waals surface area contributed by atoms with E-state index in [0.29, 0.717) is 12.5 Å². The molecule has 0 bridgehead atoms. The molecule has 2 aromatic heterocycles. The van der Waals surface area contributed by atoms with Crippen LogP contribution in [0.2, 0.25) is 0 Å². The molecule has 0 aliphatic heterocycles. The molecule has 2 rings (SSSR count). The highest BCUT2D eigenvalue weighted by Crippen LogP contribution is 2.21. The Labute approximate surface area is 112 Å². The summed E-state index contributed by atoms with van der Waals surface area (Å²) in [6, 6.07) is 0. The van der Waals surface area contributed by atoms with Gasteiger partial charge < -0.3 is 10.6 Å². The van der Waals surface area contributed by atoms with Crippen LogP contribution in [-0.4, -0.2) is 22.0 Å². The van der Waals surface area contributed by atoms with Gasteiger partial charge in [0.25, 0.3) is 0 Å². The Morgan fingerprint density at radius 2 is 2.18 bits per heavy atom. The second kappa shape index (κ2) is 5.42. The lowest BCUT2D eigenvalue weighted by atomic mass is 10.5. The first-order valence-electron chi connectivity index (χ1n) is 5.04. The van der Waals surface area contributed by atoms with Gasteiger partial charge in [0.05, 0.1) is 16.0 Å². The van der Waals surface area contributed by atoms with Gasteiger partial charge in [0.2, 0.25) is 5.95 Å². The number of anilines is 2. The highest BCUT2D eigenvalue weighted by molar-refractivity contribution is 9.10. The van der Waals surface area contributed by atoms with Gasteiger partial charge in [0, 0.05) is 24.3 Å². The van der Waals surface area contributed by atoms with Crippen LogP contribution in [0.3, 0.4) is 0 Å². The Hall–Kier alpha value is -1.21. The molecule has 0 radical (unpaired) electrons. The van der Waals surface area contributed by atoms with Gasteiger partial charge in [-0.3, -0.25) is 0 Å². The monoisotopic (exact) mass is 313 g/mol. The molecular weight excluding hydrogens is 302 g/mol. The predicted octanol–water partition coefficient (Wildman–Crippen LogP) is 2.66. The third kappa shape index (κ3) is 3.13. The van der Waals surface area contributed by atoms with Gasteiger partial charge in [-0.1, -0.05) is 0 Å². The van der Waals surface area contributed by atoms with Crippen molar-refractivity contribution in [3.63, 3.8) is 0 Å². The van der Waals surface area contributed by atoms with E-state index >= 15 is 0 Å². The summed E-state index contributed by atoms with van der Waals surface area (Å²) in [5.41, 5.74) is 0. The second-order valence-electron chi connectivity index (χ2n) is 3.34. The smallest absolute Gasteiger partial charge is 0.224 e. The lowest BCUT2D eigenvalue weighted by Gasteiger charge is -2.07. The molecule has 0 saturated carbocycles. The topological polar surface area (TPSA) is 62.7 Å². The predicted molar refractivity (Wildman–Crippen MR) is 73.5 cm³/mol. The molecule has 0 fully saturated rings. The number of aryl methyl sites for hydroxylation is 1. The molecule has 0 unspecified atom stereocenters. The van der Waals surface area contributed by atoms with E-state index in [1.165, 1.54) is 4.88 Å². The Kier molecular flexibility index (Phi) is 3.90. The summed E-state index contributed by atoms with van der Waals surface area (Å²) in [6.45, 7) is 2.71. The Morgan fingerprint density at radius 3 is 2.82 bits per heavy atom. The average molecular weight is 314 g/mol. The molecule has 0 saturated heterocycles. The van der Waals surface area contributed by atoms with Gasteiger partial charge in [-0.25, -0.2) is 9.97 Å². The summed E-state index contributed by atoms with van der Waals surface area (Å²) in [6.07, 6.45) is 3.60. The van der Waals surface area contributed by atoms with E-state index in [4.69, 9.17) is 0 Å². The average Bonchev–Trinajstić information content (AvgIpc) is 2.74. The maximum absolute atomic E-state index is 4.32. The van der Waals surface area contributed by atoms with Gasteiger partial charge in [0.1, 0.15) is 5.82 Å². The standard InChI is InChI=1S/C10H12BrN5S/c1-6-13-3-7(17-6)4-14-9-8(11)5-15-10(12-2)16-9/h3,5H,4H2,1-2H3,(H2,12,14,15,16). The van der Waals surface area contributed by atoms with Gasteiger partial charge in [-0.15, -0.1) is 11.3 Å². The van der Waals surface area contributed by atoms with Crippen molar-refractivity contribution in [3.05, 3.63) is 26.8 Å². The van der Waals surface area contributed by atoms with Crippen LogP contribution in [0, 0.1) is 6.92 Å². The fourth-order valence-electron chi connectivity index (χ4n) is 1.27. The zero-order valence-electron chi connectivity index (χ0n) is 9.49. The van der Waals surface area contributed by atoms with E-state index in [0.717, 1.165) is 15.3 Å². The van der Waals surface area contributed by atoms with Crippen molar-refractivity contribution < 1.29 is 0 Å². The number of aromatic nitrogens is 3. The van der Waals surface area contributed by atoms with E-state index in [9.17, 15) is 0 Å². The number of halogens is 1. The molecule has 17 heavy (non-hydrogen) atoms. The zero-order chi connectivity index (χ0) is 12.3. The van der Waals surface area contributed by atoms with Gasteiger partial charge in [-0.2, -0.15) is 4.98 Å². The fourth-order valence-corrected chi connectivity index (χ4v) is 2.34. The van der Waals surface area contributed by atoms with Crippen molar-refractivity contribution in [2.24, 2.45) is 0 Å². The minimum Gasteiger partial charge on any atom is -0.364 e. The van der Waals surface area contributed by atoms with Crippen molar-refractivity contribution in [1.29, 1.82) is 0 Å². The molecule has 0 aromatic carbocycles. The molecule has 0 aliphatic rings. The maximum atomic E-state index is 4.32. The minimum absolute atomic E-state index is 0.594. The van der Waals surface area contributed by atoms with E-state index in [-0.39, 0.29) is 0 Å². The summed E-state index contributed by atoms with van der Waals surface area (Å²) >= 11 is 5.09. The number of hydrogen-bond donors (Lipinski definition) is 2. The first-order chi connectivity index (χ1) is 8.19. The van der Waals surface area contributed by atoms with E-state index in [1.807, 2.05) is 13.1 Å². The van der Waals surface area contributed by atoms with Crippen LogP contribution in [0.15, 0.2) is 16.9 Å². The second-order valence-corrected chi connectivity index (χ2v) is 5.51. The minimum atomic E-state index is 0.594. The van der Waals surface area contributed by atoms with Crippen LogP contribution in [0.25, 0.3) is 0 Å². The van der Waals surface area contributed by atoms with Crippen LogP contribution in [-0.2, 0) is 6.54 Å². The van der Waals surface area contributed by atoms with Crippen LogP contribution in [0.4, 0.5) is 11.8 Å². The fraction of sp³-hybridized carbons (Fsp3) is 0.300. The number of hydrogen-bond acceptors (Lipinski definition) is 6. The van der Waals surface area contributed by atoms with Crippen LogP contribution in [0.5, 0.6) is 0 Å². The largest absolute Gasteiger partial charge is 0.364 e. The van der Waals surface area contributed by atoms with Gasteiger partial charge >= 0.3 is 0 Å². The lowest BCUT2D eigenvalue weighted by molar-refractivity contribution is 1.08. The molecule has 0 spiro atoms.